The number of carbonyl (C=O) groups excluding carboxylic acids is 3. The first-order valence-electron chi connectivity index (χ1n) is 3.37. The zero-order valence-corrected chi connectivity index (χ0v) is 6.79. The van der Waals surface area contributed by atoms with E-state index in [1.165, 1.54) is 0 Å². The fourth-order valence-corrected chi connectivity index (χ4v) is 0.777. The molecule has 0 heterocycles. The molecule has 0 spiro atoms. The lowest BCUT2D eigenvalue weighted by atomic mass is 10.4. The minimum atomic E-state index is -0.956. The molecule has 0 aromatic rings. The molecule has 0 aliphatic heterocycles. The van der Waals surface area contributed by atoms with Crippen LogP contribution in [0.2, 0.25) is 0 Å². The molecular weight excluding hydrogens is 182 g/mol. The van der Waals surface area contributed by atoms with Crippen LogP contribution in [0.4, 0.5) is 0 Å². The van der Waals surface area contributed by atoms with Crippen LogP contribution in [0.15, 0.2) is 0 Å². The lowest BCUT2D eigenvalue weighted by molar-refractivity contribution is -0.144. The molecule has 0 saturated carbocycles. The average Bonchev–Trinajstić information content (AvgIpc) is 1.80. The van der Waals surface area contributed by atoms with Crippen LogP contribution in [0.25, 0.3) is 0 Å². The standard InChI is InChI=1S/C6H9NO6/c8-4(9)1-7(2-5(10)11)3-6(12)13/h1-3H2,(H,8,9)(H,10,11)(H,12,13)/p+3. The molecule has 7 heteroatoms. The molecule has 0 aliphatic rings. The van der Waals surface area contributed by atoms with Gasteiger partial charge in [-0.1, -0.05) is 0 Å². The minimum absolute atomic E-state index is 0.408. The number of rotatable bonds is 6. The van der Waals surface area contributed by atoms with Crippen LogP contribution in [0.1, 0.15) is 0 Å². The van der Waals surface area contributed by atoms with Gasteiger partial charge in [0.1, 0.15) is 0 Å². The zero-order chi connectivity index (χ0) is 10.4. The van der Waals surface area contributed by atoms with Gasteiger partial charge >= 0.3 is 17.9 Å². The van der Waals surface area contributed by atoms with Crippen molar-refractivity contribution in [3.63, 3.8) is 0 Å². The molecule has 0 saturated heterocycles. The summed E-state index contributed by atoms with van der Waals surface area (Å²) in [4.78, 5) is 31.9. The predicted octanol–water partition coefficient (Wildman–Crippen LogP) is -3.96. The maximum Gasteiger partial charge on any atom is 0.530 e. The molecule has 13 heavy (non-hydrogen) atoms. The third-order valence-corrected chi connectivity index (χ3v) is 1.10. The summed E-state index contributed by atoms with van der Waals surface area (Å²) in [5, 5.41) is 19.7. The first-order valence-corrected chi connectivity index (χ1v) is 3.37. The lowest BCUT2D eigenvalue weighted by Gasteiger charge is -2.07. The summed E-state index contributed by atoms with van der Waals surface area (Å²) in [6.07, 6.45) is 0. The Morgan fingerprint density at radius 2 is 1.00 bits per heavy atom. The summed E-state index contributed by atoms with van der Waals surface area (Å²) in [5.41, 5.74) is 0. The van der Waals surface area contributed by atoms with E-state index >= 15 is 0 Å². The summed E-state index contributed by atoms with van der Waals surface area (Å²) in [5.74, 6) is -2.87. The van der Waals surface area contributed by atoms with Crippen molar-refractivity contribution in [2.24, 2.45) is 0 Å². The maximum atomic E-state index is 10.3. The molecule has 0 amide bonds. The number of nitrogens with zero attached hydrogens (tertiary/aromatic N) is 1. The molecule has 6 N–H and O–H groups in total. The van der Waals surface area contributed by atoms with Crippen molar-refractivity contribution < 1.29 is 29.7 Å². The summed E-state index contributed by atoms with van der Waals surface area (Å²) in [6.45, 7) is -1.22. The van der Waals surface area contributed by atoms with Crippen LogP contribution in [-0.4, -0.2) is 57.8 Å². The third kappa shape index (κ3) is 6.76. The largest absolute Gasteiger partial charge is 0.564 e. The highest BCUT2D eigenvalue weighted by atomic mass is 16.4. The Balaban J connectivity index is 4.10. The summed E-state index contributed by atoms with van der Waals surface area (Å²) in [7, 11) is 0. The zero-order valence-electron chi connectivity index (χ0n) is 6.79. The van der Waals surface area contributed by atoms with Gasteiger partial charge in [0.2, 0.25) is 0 Å². The van der Waals surface area contributed by atoms with Crippen LogP contribution in [-0.2, 0) is 14.4 Å². The Bertz CT molecular complexity index is 187. The SMILES string of the molecule is O=C([OH2+])CN(CC(=O)[OH2+])CC(=O)[OH2+]. The van der Waals surface area contributed by atoms with Gasteiger partial charge in [0.25, 0.3) is 0 Å². The highest BCUT2D eigenvalue weighted by molar-refractivity contribution is 5.75. The lowest BCUT2D eigenvalue weighted by Crippen LogP contribution is -2.38. The van der Waals surface area contributed by atoms with Gasteiger partial charge in [0.05, 0.1) is 0 Å². The van der Waals surface area contributed by atoms with Gasteiger partial charge in [-0.15, -0.1) is 0 Å². The van der Waals surface area contributed by atoms with Crippen LogP contribution in [0.3, 0.4) is 0 Å². The highest BCUT2D eigenvalue weighted by Gasteiger charge is 2.25. The third-order valence-electron chi connectivity index (χ3n) is 1.10. The van der Waals surface area contributed by atoms with Crippen molar-refractivity contribution in [2.45, 2.75) is 0 Å². The van der Waals surface area contributed by atoms with Gasteiger partial charge in [-0.25, -0.2) is 0 Å². The first-order chi connectivity index (χ1) is 5.91. The van der Waals surface area contributed by atoms with E-state index in [0.29, 0.717) is 0 Å². The van der Waals surface area contributed by atoms with Gasteiger partial charge in [-0.05, 0) is 0 Å². The van der Waals surface area contributed by atoms with E-state index in [4.69, 9.17) is 15.3 Å². The van der Waals surface area contributed by atoms with E-state index in [1.54, 1.807) is 0 Å². The fourth-order valence-electron chi connectivity index (χ4n) is 0.777. The highest BCUT2D eigenvalue weighted by Crippen LogP contribution is 1.87. The first kappa shape index (κ1) is 11.4. The Morgan fingerprint density at radius 1 is 0.769 bits per heavy atom. The van der Waals surface area contributed by atoms with Crippen molar-refractivity contribution in [2.75, 3.05) is 19.6 Å². The van der Waals surface area contributed by atoms with E-state index in [1.807, 2.05) is 0 Å². The molecule has 0 rings (SSSR count). The van der Waals surface area contributed by atoms with Gasteiger partial charge < -0.3 is 15.3 Å². The second kappa shape index (κ2) is 5.09. The monoisotopic (exact) mass is 194 g/mol. The molecular formula is C6H12NO6+3. The Morgan fingerprint density at radius 3 is 1.15 bits per heavy atom. The van der Waals surface area contributed by atoms with Crippen molar-refractivity contribution >= 4 is 17.9 Å². The van der Waals surface area contributed by atoms with Crippen LogP contribution in [0.5, 0.6) is 0 Å². The normalized spacial score (nSPS) is 9.92. The van der Waals surface area contributed by atoms with Crippen molar-refractivity contribution in [1.82, 2.24) is 4.90 Å². The van der Waals surface area contributed by atoms with Crippen LogP contribution >= 0.6 is 0 Å². The van der Waals surface area contributed by atoms with Crippen LogP contribution in [0, 0.1) is 0 Å². The Labute approximate surface area is 73.2 Å². The van der Waals surface area contributed by atoms with Gasteiger partial charge in [0.15, 0.2) is 19.6 Å². The van der Waals surface area contributed by atoms with Gasteiger partial charge in [0, 0.05) is 14.4 Å². The fraction of sp³-hybridized carbons (Fsp3) is 0.500. The molecule has 0 aromatic heterocycles. The molecule has 7 nitrogen and oxygen atoms in total. The quantitative estimate of drug-likeness (QED) is 0.400. The summed E-state index contributed by atoms with van der Waals surface area (Å²) < 4.78 is 0. The van der Waals surface area contributed by atoms with E-state index in [-0.39, 0.29) is 0 Å². The maximum absolute atomic E-state index is 10.3. The molecule has 74 valence electrons. The average molecular weight is 194 g/mol. The van der Waals surface area contributed by atoms with Gasteiger partial charge in [-0.2, -0.15) is 0 Å². The molecule has 0 bridgehead atoms. The molecule has 0 atom stereocenters. The van der Waals surface area contributed by atoms with E-state index in [0.717, 1.165) is 4.90 Å². The second-order valence-corrected chi connectivity index (χ2v) is 2.41. The van der Waals surface area contributed by atoms with Gasteiger partial charge in [-0.3, -0.25) is 4.90 Å². The number of carbonyl (C=O) groups is 3. The smallest absolute Gasteiger partial charge is 0.530 e. The topological polar surface area (TPSA) is 123 Å². The minimum Gasteiger partial charge on any atom is -0.564 e. The summed E-state index contributed by atoms with van der Waals surface area (Å²) >= 11 is 0. The van der Waals surface area contributed by atoms with Crippen LogP contribution < -0.4 is 0 Å². The van der Waals surface area contributed by atoms with Crippen molar-refractivity contribution in [3.8, 4) is 0 Å². The molecule has 0 fully saturated rings. The van der Waals surface area contributed by atoms with Crippen molar-refractivity contribution in [1.29, 1.82) is 0 Å². The van der Waals surface area contributed by atoms with E-state index < -0.39 is 37.5 Å². The predicted molar refractivity (Wildman–Crippen MR) is 42.3 cm³/mol. The van der Waals surface area contributed by atoms with E-state index in [9.17, 15) is 14.4 Å². The van der Waals surface area contributed by atoms with Crippen molar-refractivity contribution in [3.05, 3.63) is 0 Å². The molecule has 0 aliphatic carbocycles. The Kier molecular flexibility index (Phi) is 4.45. The summed E-state index contributed by atoms with van der Waals surface area (Å²) in [6, 6.07) is 0. The molecule has 0 radical (unpaired) electrons. The number of hydrogen-bond acceptors (Lipinski definition) is 4. The molecule has 0 aromatic carbocycles. The van der Waals surface area contributed by atoms with E-state index in [2.05, 4.69) is 0 Å². The number of hydrogen-bond donors (Lipinski definition) is 0. The second-order valence-electron chi connectivity index (χ2n) is 2.41. The Hall–Kier alpha value is -1.63. The molecule has 0 unspecified atom stereocenters.